The lowest BCUT2D eigenvalue weighted by molar-refractivity contribution is 0.198. The molecular formula is C27H29FN4OSi. The Balaban J connectivity index is 1.70. The summed E-state index contributed by atoms with van der Waals surface area (Å²) in [6.45, 7) is 13.1. The number of aromatic nitrogens is 3. The summed E-state index contributed by atoms with van der Waals surface area (Å²) in [6, 6.07) is 16.0. The highest BCUT2D eigenvalue weighted by Crippen LogP contribution is 2.39. The van der Waals surface area contributed by atoms with Gasteiger partial charge >= 0.3 is 0 Å². The van der Waals surface area contributed by atoms with Crippen LogP contribution >= 0.6 is 0 Å². The van der Waals surface area contributed by atoms with E-state index in [9.17, 15) is 9.65 Å². The molecule has 1 unspecified atom stereocenters. The van der Waals surface area contributed by atoms with Crippen LogP contribution in [0.15, 0.2) is 60.9 Å². The first kappa shape index (κ1) is 23.8. The van der Waals surface area contributed by atoms with Crippen molar-refractivity contribution in [1.82, 2.24) is 14.4 Å². The van der Waals surface area contributed by atoms with Gasteiger partial charge in [-0.05, 0) is 55.4 Å². The molecule has 34 heavy (non-hydrogen) atoms. The van der Waals surface area contributed by atoms with Gasteiger partial charge in [-0.3, -0.25) is 4.40 Å². The maximum Gasteiger partial charge on any atom is 0.234 e. The molecule has 1 atom stereocenters. The molecule has 2 aromatic carbocycles. The molecule has 0 saturated carbocycles. The maximum atomic E-state index is 14.7. The molecule has 0 N–H and O–H groups in total. The summed E-state index contributed by atoms with van der Waals surface area (Å²) < 4.78 is 23.1. The molecule has 7 heteroatoms. The highest BCUT2D eigenvalue weighted by Gasteiger charge is 2.38. The fourth-order valence-electron chi connectivity index (χ4n) is 3.71. The average Bonchev–Trinajstić information content (AvgIpc) is 3.21. The van der Waals surface area contributed by atoms with Gasteiger partial charge in [-0.15, -0.1) is 0 Å². The third-order valence-electron chi connectivity index (χ3n) is 6.69. The number of hydrogen-bond acceptors (Lipinski definition) is 4. The highest BCUT2D eigenvalue weighted by molar-refractivity contribution is 6.74. The van der Waals surface area contributed by atoms with Gasteiger partial charge in [-0.1, -0.05) is 39.0 Å². The Morgan fingerprint density at radius 2 is 1.82 bits per heavy atom. The number of rotatable bonds is 5. The average molecular weight is 473 g/mol. The summed E-state index contributed by atoms with van der Waals surface area (Å²) in [5, 5.41) is 9.56. The first-order valence-electron chi connectivity index (χ1n) is 11.3. The van der Waals surface area contributed by atoms with Crippen molar-refractivity contribution in [1.29, 1.82) is 5.26 Å². The summed E-state index contributed by atoms with van der Waals surface area (Å²) in [7, 11) is -1.94. The Labute approximate surface area is 201 Å². The van der Waals surface area contributed by atoms with E-state index < -0.39 is 8.32 Å². The molecule has 0 fully saturated rings. The second kappa shape index (κ2) is 8.78. The van der Waals surface area contributed by atoms with Crippen molar-refractivity contribution in [2.75, 3.05) is 0 Å². The van der Waals surface area contributed by atoms with Crippen LogP contribution in [0.1, 0.15) is 45.1 Å². The molecule has 2 heterocycles. The van der Waals surface area contributed by atoms with Gasteiger partial charge in [-0.2, -0.15) is 5.26 Å². The van der Waals surface area contributed by atoms with Gasteiger partial charge in [0.2, 0.25) is 5.78 Å². The van der Waals surface area contributed by atoms with Crippen LogP contribution in [0.25, 0.3) is 28.2 Å². The minimum absolute atomic E-state index is 0.107. The van der Waals surface area contributed by atoms with Crippen LogP contribution in [-0.2, 0) is 4.43 Å². The number of halogens is 1. The Hall–Kier alpha value is -3.34. The lowest BCUT2D eigenvalue weighted by Crippen LogP contribution is -2.41. The first-order valence-corrected chi connectivity index (χ1v) is 14.2. The molecule has 4 aromatic rings. The third kappa shape index (κ3) is 4.39. The zero-order valence-electron chi connectivity index (χ0n) is 20.4. The van der Waals surface area contributed by atoms with Gasteiger partial charge in [0.05, 0.1) is 35.3 Å². The number of benzene rings is 2. The van der Waals surface area contributed by atoms with Crippen molar-refractivity contribution in [3.05, 3.63) is 78.0 Å². The van der Waals surface area contributed by atoms with Crippen LogP contribution in [0.3, 0.4) is 0 Å². The van der Waals surface area contributed by atoms with E-state index in [4.69, 9.17) is 9.41 Å². The summed E-state index contributed by atoms with van der Waals surface area (Å²) in [4.78, 5) is 9.25. The largest absolute Gasteiger partial charge is 0.409 e. The normalized spacial score (nSPS) is 13.1. The Bertz CT molecular complexity index is 1400. The zero-order chi connectivity index (χ0) is 24.7. The monoisotopic (exact) mass is 472 g/mol. The van der Waals surface area contributed by atoms with E-state index in [1.54, 1.807) is 42.6 Å². The van der Waals surface area contributed by atoms with E-state index in [0.717, 1.165) is 17.0 Å². The fraction of sp³-hybridized carbons (Fsp3) is 0.296. The van der Waals surface area contributed by atoms with Crippen LogP contribution in [-0.4, -0.2) is 22.7 Å². The third-order valence-corrected chi connectivity index (χ3v) is 11.2. The molecule has 0 aliphatic heterocycles. The molecule has 0 spiro atoms. The lowest BCUT2D eigenvalue weighted by atomic mass is 9.97. The molecule has 5 nitrogen and oxygen atoms in total. The van der Waals surface area contributed by atoms with E-state index in [1.807, 2.05) is 23.6 Å². The Morgan fingerprint density at radius 1 is 1.09 bits per heavy atom. The van der Waals surface area contributed by atoms with Gasteiger partial charge in [0.25, 0.3) is 0 Å². The van der Waals surface area contributed by atoms with Gasteiger partial charge < -0.3 is 4.43 Å². The number of hydrogen-bond donors (Lipinski definition) is 0. The summed E-state index contributed by atoms with van der Waals surface area (Å²) in [5.74, 6) is 0.179. The van der Waals surface area contributed by atoms with E-state index in [1.165, 1.54) is 6.07 Å². The number of nitriles is 1. The van der Waals surface area contributed by atoms with Gasteiger partial charge in [0.1, 0.15) is 5.82 Å². The fourth-order valence-corrected chi connectivity index (χ4v) is 5.07. The second-order valence-corrected chi connectivity index (χ2v) is 14.8. The molecule has 4 rings (SSSR count). The van der Waals surface area contributed by atoms with Crippen LogP contribution in [0.5, 0.6) is 0 Å². The first-order chi connectivity index (χ1) is 16.0. The summed E-state index contributed by atoms with van der Waals surface area (Å²) >= 11 is 0. The van der Waals surface area contributed by atoms with Crippen molar-refractivity contribution in [2.24, 2.45) is 0 Å². The van der Waals surface area contributed by atoms with Crippen molar-refractivity contribution < 1.29 is 8.82 Å². The second-order valence-electron chi connectivity index (χ2n) is 10.0. The predicted molar refractivity (Wildman–Crippen MR) is 135 cm³/mol. The van der Waals surface area contributed by atoms with Crippen LogP contribution in [0.2, 0.25) is 18.1 Å². The number of nitrogens with zero attached hydrogens (tertiary/aromatic N) is 4. The lowest BCUT2D eigenvalue weighted by Gasteiger charge is -2.38. The van der Waals surface area contributed by atoms with Crippen LogP contribution < -0.4 is 0 Å². The molecule has 0 bridgehead atoms. The molecule has 0 aliphatic rings. The molecule has 0 aliphatic carbocycles. The quantitative estimate of drug-likeness (QED) is 0.289. The van der Waals surface area contributed by atoms with Crippen LogP contribution in [0, 0.1) is 17.1 Å². The van der Waals surface area contributed by atoms with Crippen molar-refractivity contribution in [3.8, 4) is 28.5 Å². The van der Waals surface area contributed by atoms with E-state index in [-0.39, 0.29) is 17.0 Å². The highest BCUT2D eigenvalue weighted by atomic mass is 28.4. The van der Waals surface area contributed by atoms with Gasteiger partial charge in [-0.25, -0.2) is 14.4 Å². The molecule has 0 amide bonds. The molecule has 2 aromatic heterocycles. The number of imidazole rings is 1. The molecular weight excluding hydrogens is 443 g/mol. The molecule has 0 radical (unpaired) electrons. The van der Waals surface area contributed by atoms with Gasteiger partial charge in [0.15, 0.2) is 8.32 Å². The van der Waals surface area contributed by atoms with E-state index >= 15 is 0 Å². The maximum absolute atomic E-state index is 14.7. The van der Waals surface area contributed by atoms with Crippen molar-refractivity contribution in [3.63, 3.8) is 0 Å². The standard InChI is InChI=1S/C27H29FN4OSi/c1-18(33-34(5,6)27(2,3)4)24-13-14-32-25(17-30-26(32)31-24)19-11-12-23(28)22(15-19)21-10-8-7-9-20(21)16-29/h7-15,17-18H,1-6H3. The molecule has 0 saturated heterocycles. The van der Waals surface area contributed by atoms with E-state index in [2.05, 4.69) is 44.9 Å². The van der Waals surface area contributed by atoms with Crippen molar-refractivity contribution >= 4 is 14.1 Å². The molecule has 174 valence electrons. The Morgan fingerprint density at radius 3 is 2.53 bits per heavy atom. The van der Waals surface area contributed by atoms with Gasteiger partial charge in [0, 0.05) is 22.9 Å². The van der Waals surface area contributed by atoms with E-state index in [0.29, 0.717) is 22.5 Å². The smallest absolute Gasteiger partial charge is 0.234 e. The van der Waals surface area contributed by atoms with Crippen molar-refractivity contribution in [2.45, 2.75) is 51.9 Å². The minimum Gasteiger partial charge on any atom is -0.409 e. The predicted octanol–water partition coefficient (Wildman–Crippen LogP) is 7.16. The summed E-state index contributed by atoms with van der Waals surface area (Å²) in [6.07, 6.45) is 3.52. The summed E-state index contributed by atoms with van der Waals surface area (Å²) in [5.41, 5.74) is 3.79. The van der Waals surface area contributed by atoms with Crippen LogP contribution in [0.4, 0.5) is 4.39 Å². The zero-order valence-corrected chi connectivity index (χ0v) is 21.4. The topological polar surface area (TPSA) is 63.2 Å². The Kier molecular flexibility index (Phi) is 6.15. The number of fused-ring (bicyclic) bond motifs is 1. The minimum atomic E-state index is -1.94. The SMILES string of the molecule is CC(O[Si](C)(C)C(C)(C)C)c1ccn2c(-c3ccc(F)c(-c4ccccc4C#N)c3)cnc2n1.